The first kappa shape index (κ1) is 16.8. The van der Waals surface area contributed by atoms with Crippen LogP contribution in [0.1, 0.15) is 5.56 Å². The van der Waals surface area contributed by atoms with Crippen LogP contribution in [0.5, 0.6) is 0 Å². The summed E-state index contributed by atoms with van der Waals surface area (Å²) >= 11 is 0. The number of benzene rings is 2. The molecule has 3 rings (SSSR count). The second-order valence-corrected chi connectivity index (χ2v) is 6.92. The van der Waals surface area contributed by atoms with Crippen molar-refractivity contribution in [1.82, 2.24) is 14.3 Å². The standard InChI is InChI=1S/C16H14N4O4S/c21-20(22)15-3-1-2-4-16(15)25(23,24)18-11-13-5-7-14(8-6-13)19-10-9-17-12-19/h1-10,12,18H,11H2. The minimum Gasteiger partial charge on any atom is -0.306 e. The molecule has 0 saturated carbocycles. The summed E-state index contributed by atoms with van der Waals surface area (Å²) in [5.74, 6) is 0. The number of nitrogens with one attached hydrogen (secondary N) is 1. The van der Waals surface area contributed by atoms with E-state index in [4.69, 9.17) is 0 Å². The molecule has 0 bridgehead atoms. The van der Waals surface area contributed by atoms with Gasteiger partial charge in [-0.3, -0.25) is 10.1 Å². The lowest BCUT2D eigenvalue weighted by Gasteiger charge is -2.08. The van der Waals surface area contributed by atoms with Gasteiger partial charge in [0.15, 0.2) is 4.90 Å². The third-order valence-electron chi connectivity index (χ3n) is 3.56. The molecule has 0 amide bonds. The maximum atomic E-state index is 12.4. The fourth-order valence-electron chi connectivity index (χ4n) is 2.29. The number of para-hydroxylation sites is 1. The van der Waals surface area contributed by atoms with Gasteiger partial charge in [0.1, 0.15) is 0 Å². The Morgan fingerprint density at radius 3 is 2.48 bits per heavy atom. The number of sulfonamides is 1. The van der Waals surface area contributed by atoms with Gasteiger partial charge in [-0.1, -0.05) is 24.3 Å². The molecule has 0 aliphatic rings. The van der Waals surface area contributed by atoms with E-state index in [0.717, 1.165) is 17.3 Å². The zero-order valence-corrected chi connectivity index (χ0v) is 13.8. The molecule has 2 aromatic carbocycles. The molecule has 1 aromatic heterocycles. The minimum atomic E-state index is -3.99. The zero-order chi connectivity index (χ0) is 17.9. The molecule has 0 unspecified atom stereocenters. The second-order valence-electron chi connectivity index (χ2n) is 5.19. The number of imidazole rings is 1. The SMILES string of the molecule is O=[N+]([O-])c1ccccc1S(=O)(=O)NCc1ccc(-n2ccnc2)cc1. The monoisotopic (exact) mass is 358 g/mol. The first-order valence-corrected chi connectivity index (χ1v) is 8.76. The van der Waals surface area contributed by atoms with Crippen molar-refractivity contribution in [2.75, 3.05) is 0 Å². The Balaban J connectivity index is 1.76. The molecule has 0 spiro atoms. The second kappa shape index (κ2) is 6.83. The van der Waals surface area contributed by atoms with Crippen LogP contribution in [0, 0.1) is 10.1 Å². The number of rotatable bonds is 6. The molecule has 9 heteroatoms. The van der Waals surface area contributed by atoms with Crippen LogP contribution in [-0.4, -0.2) is 22.9 Å². The van der Waals surface area contributed by atoms with E-state index in [9.17, 15) is 18.5 Å². The lowest BCUT2D eigenvalue weighted by Crippen LogP contribution is -2.24. The molecule has 0 radical (unpaired) electrons. The normalized spacial score (nSPS) is 11.4. The predicted molar refractivity (Wildman–Crippen MR) is 90.7 cm³/mol. The molecule has 8 nitrogen and oxygen atoms in total. The predicted octanol–water partition coefficient (Wildman–Crippen LogP) is 2.26. The van der Waals surface area contributed by atoms with Crippen molar-refractivity contribution in [2.45, 2.75) is 11.4 Å². The topological polar surface area (TPSA) is 107 Å². The van der Waals surface area contributed by atoms with Gasteiger partial charge in [0, 0.05) is 30.7 Å². The van der Waals surface area contributed by atoms with Crippen molar-refractivity contribution in [3.05, 3.63) is 82.9 Å². The lowest BCUT2D eigenvalue weighted by molar-refractivity contribution is -0.387. The molecular weight excluding hydrogens is 344 g/mol. The molecule has 25 heavy (non-hydrogen) atoms. The average Bonchev–Trinajstić information content (AvgIpc) is 3.15. The van der Waals surface area contributed by atoms with Gasteiger partial charge in [-0.05, 0) is 23.8 Å². The number of aromatic nitrogens is 2. The van der Waals surface area contributed by atoms with Crippen LogP contribution in [0.3, 0.4) is 0 Å². The summed E-state index contributed by atoms with van der Waals surface area (Å²) in [5, 5.41) is 11.0. The van der Waals surface area contributed by atoms with Gasteiger partial charge in [0.2, 0.25) is 10.0 Å². The summed E-state index contributed by atoms with van der Waals surface area (Å²) in [6.07, 6.45) is 5.12. The van der Waals surface area contributed by atoms with Gasteiger partial charge < -0.3 is 4.57 Å². The fourth-order valence-corrected chi connectivity index (χ4v) is 3.48. The molecule has 1 heterocycles. The van der Waals surface area contributed by atoms with E-state index >= 15 is 0 Å². The summed E-state index contributed by atoms with van der Waals surface area (Å²) in [4.78, 5) is 13.9. The zero-order valence-electron chi connectivity index (χ0n) is 12.9. The average molecular weight is 358 g/mol. The van der Waals surface area contributed by atoms with Crippen LogP contribution in [0.15, 0.2) is 72.1 Å². The van der Waals surface area contributed by atoms with Gasteiger partial charge in [-0.15, -0.1) is 0 Å². The van der Waals surface area contributed by atoms with Crippen LogP contribution in [0.4, 0.5) is 5.69 Å². The highest BCUT2D eigenvalue weighted by Crippen LogP contribution is 2.22. The van der Waals surface area contributed by atoms with Gasteiger partial charge in [0.25, 0.3) is 5.69 Å². The summed E-state index contributed by atoms with van der Waals surface area (Å²) in [7, 11) is -3.99. The summed E-state index contributed by atoms with van der Waals surface area (Å²) in [6.45, 7) is 0.0264. The van der Waals surface area contributed by atoms with E-state index in [1.54, 1.807) is 30.9 Å². The summed E-state index contributed by atoms with van der Waals surface area (Å²) < 4.78 is 28.9. The smallest absolute Gasteiger partial charge is 0.289 e. The maximum absolute atomic E-state index is 12.4. The van der Waals surface area contributed by atoms with Gasteiger partial charge in [-0.2, -0.15) is 0 Å². The number of nitro groups is 1. The van der Waals surface area contributed by atoms with Crippen molar-refractivity contribution >= 4 is 15.7 Å². The first-order valence-electron chi connectivity index (χ1n) is 7.28. The fraction of sp³-hybridized carbons (Fsp3) is 0.0625. The Labute approximate surface area is 144 Å². The molecule has 0 saturated heterocycles. The quantitative estimate of drug-likeness (QED) is 0.537. The highest BCUT2D eigenvalue weighted by Gasteiger charge is 2.24. The Bertz CT molecular complexity index is 983. The number of nitro benzene ring substituents is 1. The molecule has 0 atom stereocenters. The third-order valence-corrected chi connectivity index (χ3v) is 5.01. The molecule has 128 valence electrons. The molecule has 0 fully saturated rings. The van der Waals surface area contributed by atoms with E-state index in [2.05, 4.69) is 9.71 Å². The van der Waals surface area contributed by atoms with Crippen LogP contribution in [0.25, 0.3) is 5.69 Å². The molecule has 0 aliphatic heterocycles. The van der Waals surface area contributed by atoms with Crippen LogP contribution in [0.2, 0.25) is 0 Å². The van der Waals surface area contributed by atoms with Crippen molar-refractivity contribution in [1.29, 1.82) is 0 Å². The Hall–Kier alpha value is -3.04. The lowest BCUT2D eigenvalue weighted by atomic mass is 10.2. The van der Waals surface area contributed by atoms with Gasteiger partial charge >= 0.3 is 0 Å². The molecule has 0 aliphatic carbocycles. The molecule has 3 aromatic rings. The van der Waals surface area contributed by atoms with E-state index in [0.29, 0.717) is 0 Å². The van der Waals surface area contributed by atoms with Crippen molar-refractivity contribution in [3.8, 4) is 5.69 Å². The Morgan fingerprint density at radius 2 is 1.84 bits per heavy atom. The van der Waals surface area contributed by atoms with Crippen LogP contribution in [-0.2, 0) is 16.6 Å². The van der Waals surface area contributed by atoms with Crippen molar-refractivity contribution < 1.29 is 13.3 Å². The number of hydrogen-bond donors (Lipinski definition) is 1. The van der Waals surface area contributed by atoms with E-state index < -0.39 is 20.6 Å². The van der Waals surface area contributed by atoms with Crippen LogP contribution >= 0.6 is 0 Å². The van der Waals surface area contributed by atoms with E-state index in [1.807, 2.05) is 16.7 Å². The van der Waals surface area contributed by atoms with E-state index in [1.165, 1.54) is 18.2 Å². The maximum Gasteiger partial charge on any atom is 0.289 e. The minimum absolute atomic E-state index is 0.0264. The summed E-state index contributed by atoms with van der Waals surface area (Å²) in [5.41, 5.74) is 1.17. The highest BCUT2D eigenvalue weighted by atomic mass is 32.2. The Morgan fingerprint density at radius 1 is 1.12 bits per heavy atom. The Kier molecular flexibility index (Phi) is 4.59. The number of nitrogens with zero attached hydrogens (tertiary/aromatic N) is 3. The van der Waals surface area contributed by atoms with Crippen molar-refractivity contribution in [3.63, 3.8) is 0 Å². The summed E-state index contributed by atoms with van der Waals surface area (Å²) in [6, 6.07) is 12.5. The largest absolute Gasteiger partial charge is 0.306 e. The molecule has 1 N–H and O–H groups in total. The first-order chi connectivity index (χ1) is 12.0. The van der Waals surface area contributed by atoms with E-state index in [-0.39, 0.29) is 11.4 Å². The number of hydrogen-bond acceptors (Lipinski definition) is 5. The highest BCUT2D eigenvalue weighted by molar-refractivity contribution is 7.89. The van der Waals surface area contributed by atoms with Crippen molar-refractivity contribution in [2.24, 2.45) is 0 Å². The molecular formula is C16H14N4O4S. The van der Waals surface area contributed by atoms with Gasteiger partial charge in [-0.25, -0.2) is 18.1 Å². The van der Waals surface area contributed by atoms with Crippen LogP contribution < -0.4 is 4.72 Å². The van der Waals surface area contributed by atoms with Gasteiger partial charge in [0.05, 0.1) is 11.3 Å². The third kappa shape index (κ3) is 3.73.